The van der Waals surface area contributed by atoms with Crippen molar-refractivity contribution in [1.82, 2.24) is 0 Å². The fourth-order valence-electron chi connectivity index (χ4n) is 2.74. The summed E-state index contributed by atoms with van der Waals surface area (Å²) in [6, 6.07) is 8.23. The summed E-state index contributed by atoms with van der Waals surface area (Å²) in [5, 5.41) is 29.5. The molecular weight excluding hydrogens is 323 g/mol. The molecule has 1 heterocycles. The zero-order valence-electron chi connectivity index (χ0n) is 14.0. The van der Waals surface area contributed by atoms with Crippen LogP contribution < -0.4 is 5.46 Å². The van der Waals surface area contributed by atoms with E-state index in [1.54, 1.807) is 12.1 Å². The number of carbonyl (C=O) groups excluding carboxylic acids is 1. The molecule has 1 aliphatic heterocycles. The van der Waals surface area contributed by atoms with E-state index in [4.69, 9.17) is 9.31 Å². The quantitative estimate of drug-likeness (QED) is 0.582. The first kappa shape index (κ1) is 17.3. The van der Waals surface area contributed by atoms with Gasteiger partial charge in [0.25, 0.3) is 0 Å². The first-order chi connectivity index (χ1) is 11.8. The van der Waals surface area contributed by atoms with Crippen molar-refractivity contribution >= 4 is 18.4 Å². The van der Waals surface area contributed by atoms with Crippen LogP contribution in [-0.2, 0) is 9.31 Å². The van der Waals surface area contributed by atoms with Crippen molar-refractivity contribution in [1.29, 1.82) is 0 Å². The number of ketones is 1. The molecule has 3 rings (SSSR count). The molecule has 1 saturated heterocycles. The van der Waals surface area contributed by atoms with E-state index < -0.39 is 12.9 Å². The second-order valence-corrected chi connectivity index (χ2v) is 6.93. The van der Waals surface area contributed by atoms with Gasteiger partial charge in [0.15, 0.2) is 5.78 Å². The van der Waals surface area contributed by atoms with Gasteiger partial charge in [0.2, 0.25) is 0 Å². The fourth-order valence-corrected chi connectivity index (χ4v) is 2.74. The molecule has 1 fully saturated rings. The number of hydrogen-bond donors (Lipinski definition) is 3. The van der Waals surface area contributed by atoms with E-state index in [0.29, 0.717) is 18.7 Å². The molecule has 3 N–H and O–H groups in total. The van der Waals surface area contributed by atoms with Crippen molar-refractivity contribution in [3.05, 3.63) is 47.5 Å². The van der Waals surface area contributed by atoms with Gasteiger partial charge in [0, 0.05) is 30.3 Å². The number of phenolic OH excluding ortho intramolecular Hbond substituents is 3. The van der Waals surface area contributed by atoms with Crippen LogP contribution in [0.25, 0.3) is 0 Å². The Labute approximate surface area is 145 Å². The van der Waals surface area contributed by atoms with Crippen LogP contribution >= 0.6 is 0 Å². The average molecular weight is 342 g/mol. The lowest BCUT2D eigenvalue weighted by Gasteiger charge is -2.33. The highest BCUT2D eigenvalue weighted by Crippen LogP contribution is 2.27. The molecule has 25 heavy (non-hydrogen) atoms. The molecule has 6 nitrogen and oxygen atoms in total. The van der Waals surface area contributed by atoms with Gasteiger partial charge < -0.3 is 24.6 Å². The number of aromatic hydroxyl groups is 3. The van der Waals surface area contributed by atoms with E-state index in [1.807, 2.05) is 13.8 Å². The van der Waals surface area contributed by atoms with Gasteiger partial charge in [-0.1, -0.05) is 26.0 Å². The van der Waals surface area contributed by atoms with Crippen LogP contribution in [-0.4, -0.2) is 41.4 Å². The van der Waals surface area contributed by atoms with Crippen molar-refractivity contribution in [3.63, 3.8) is 0 Å². The van der Waals surface area contributed by atoms with Gasteiger partial charge in [-0.3, -0.25) is 4.79 Å². The third kappa shape index (κ3) is 3.62. The van der Waals surface area contributed by atoms with Crippen LogP contribution in [0.2, 0.25) is 0 Å². The Morgan fingerprint density at radius 1 is 1.04 bits per heavy atom. The van der Waals surface area contributed by atoms with Gasteiger partial charge >= 0.3 is 7.12 Å². The van der Waals surface area contributed by atoms with Gasteiger partial charge in [-0.05, 0) is 23.7 Å². The lowest BCUT2D eigenvalue weighted by atomic mass is 9.72. The standard InChI is InChI=1S/C18H19BO6/c1-18(2)9-24-19(25-10-18)14-4-3-5-15(22)16(14)17(23)11-6-12(20)8-13(21)7-11/h3-8,20-22H,9-10H2,1-2H3. The van der Waals surface area contributed by atoms with Crippen molar-refractivity contribution in [2.75, 3.05) is 13.2 Å². The molecule has 7 heteroatoms. The maximum atomic E-state index is 12.9. The maximum absolute atomic E-state index is 12.9. The molecule has 0 aliphatic carbocycles. The van der Waals surface area contributed by atoms with Gasteiger partial charge in [-0.15, -0.1) is 0 Å². The first-order valence-corrected chi connectivity index (χ1v) is 7.90. The highest BCUT2D eigenvalue weighted by molar-refractivity contribution is 6.63. The number of rotatable bonds is 3. The molecule has 0 bridgehead atoms. The highest BCUT2D eigenvalue weighted by Gasteiger charge is 2.36. The average Bonchev–Trinajstić information content (AvgIpc) is 2.53. The van der Waals surface area contributed by atoms with E-state index in [1.165, 1.54) is 18.2 Å². The molecular formula is C18H19BO6. The molecule has 0 aromatic heterocycles. The number of hydrogen-bond acceptors (Lipinski definition) is 6. The van der Waals surface area contributed by atoms with Crippen molar-refractivity contribution in [2.45, 2.75) is 13.8 Å². The van der Waals surface area contributed by atoms with Crippen LogP contribution in [0.5, 0.6) is 17.2 Å². The summed E-state index contributed by atoms with van der Waals surface area (Å²) in [4.78, 5) is 12.9. The minimum Gasteiger partial charge on any atom is -0.508 e. The second kappa shape index (κ2) is 6.42. The van der Waals surface area contributed by atoms with Gasteiger partial charge in [0.1, 0.15) is 17.2 Å². The Morgan fingerprint density at radius 2 is 1.64 bits per heavy atom. The molecule has 0 atom stereocenters. The fraction of sp³-hybridized carbons (Fsp3) is 0.278. The predicted octanol–water partition coefficient (Wildman–Crippen LogP) is 1.80. The predicted molar refractivity (Wildman–Crippen MR) is 92.4 cm³/mol. The normalized spacial score (nSPS) is 16.6. The number of carbonyl (C=O) groups is 1. The van der Waals surface area contributed by atoms with Gasteiger partial charge in [-0.2, -0.15) is 0 Å². The van der Waals surface area contributed by atoms with Crippen LogP contribution in [0.4, 0.5) is 0 Å². The molecule has 2 aromatic rings. The molecule has 0 amide bonds. The molecule has 1 aliphatic rings. The zero-order chi connectivity index (χ0) is 18.2. The van der Waals surface area contributed by atoms with E-state index in [-0.39, 0.29) is 33.8 Å². The van der Waals surface area contributed by atoms with Crippen LogP contribution in [0.1, 0.15) is 29.8 Å². The Balaban J connectivity index is 2.00. The second-order valence-electron chi connectivity index (χ2n) is 6.93. The van der Waals surface area contributed by atoms with Crippen molar-refractivity contribution in [2.24, 2.45) is 5.41 Å². The molecule has 2 aromatic carbocycles. The van der Waals surface area contributed by atoms with Crippen LogP contribution in [0, 0.1) is 5.41 Å². The van der Waals surface area contributed by atoms with Gasteiger partial charge in [-0.25, -0.2) is 0 Å². The Morgan fingerprint density at radius 3 is 2.24 bits per heavy atom. The smallest absolute Gasteiger partial charge is 0.494 e. The summed E-state index contributed by atoms with van der Waals surface area (Å²) in [6.45, 7) is 4.92. The molecule has 0 unspecified atom stereocenters. The highest BCUT2D eigenvalue weighted by atomic mass is 16.6. The van der Waals surface area contributed by atoms with Crippen LogP contribution in [0.15, 0.2) is 36.4 Å². The third-order valence-electron chi connectivity index (χ3n) is 3.97. The van der Waals surface area contributed by atoms with E-state index >= 15 is 0 Å². The third-order valence-corrected chi connectivity index (χ3v) is 3.97. The Hall–Kier alpha value is -2.51. The molecule has 130 valence electrons. The summed E-state index contributed by atoms with van der Waals surface area (Å²) < 4.78 is 11.4. The lowest BCUT2D eigenvalue weighted by molar-refractivity contribution is 0.0342. The Kier molecular flexibility index (Phi) is 4.45. The largest absolute Gasteiger partial charge is 0.508 e. The summed E-state index contributed by atoms with van der Waals surface area (Å²) in [7, 11) is -0.773. The maximum Gasteiger partial charge on any atom is 0.494 e. The zero-order valence-corrected chi connectivity index (χ0v) is 14.0. The number of phenols is 3. The number of benzene rings is 2. The summed E-state index contributed by atoms with van der Waals surface area (Å²) in [5.41, 5.74) is 0.353. The first-order valence-electron chi connectivity index (χ1n) is 7.90. The van der Waals surface area contributed by atoms with Crippen LogP contribution in [0.3, 0.4) is 0 Å². The van der Waals surface area contributed by atoms with Crippen molar-refractivity contribution < 1.29 is 29.4 Å². The van der Waals surface area contributed by atoms with E-state index in [9.17, 15) is 20.1 Å². The summed E-state index contributed by atoms with van der Waals surface area (Å²) in [5.74, 6) is -1.25. The lowest BCUT2D eigenvalue weighted by Crippen LogP contribution is -2.49. The topological polar surface area (TPSA) is 96.2 Å². The monoisotopic (exact) mass is 342 g/mol. The molecule has 0 spiro atoms. The molecule has 0 saturated carbocycles. The minimum atomic E-state index is -0.773. The summed E-state index contributed by atoms with van der Waals surface area (Å²) >= 11 is 0. The van der Waals surface area contributed by atoms with E-state index in [0.717, 1.165) is 6.07 Å². The minimum absolute atomic E-state index is 0.0252. The Bertz CT molecular complexity index is 787. The molecule has 0 radical (unpaired) electrons. The van der Waals surface area contributed by atoms with Gasteiger partial charge in [0.05, 0.1) is 5.56 Å². The van der Waals surface area contributed by atoms with E-state index in [2.05, 4.69) is 0 Å². The van der Waals surface area contributed by atoms with Crippen molar-refractivity contribution in [3.8, 4) is 17.2 Å². The SMILES string of the molecule is CC1(C)COB(c2cccc(O)c2C(=O)c2cc(O)cc(O)c2)OC1. The summed E-state index contributed by atoms with van der Waals surface area (Å²) in [6.07, 6.45) is 0.